The molecule has 2 aromatic carbocycles. The Labute approximate surface area is 114 Å². The van der Waals surface area contributed by atoms with Gasteiger partial charge in [-0.1, -0.05) is 50.1 Å². The lowest BCUT2D eigenvalue weighted by molar-refractivity contribution is 0.0320. The molecule has 0 fully saturated rings. The molecule has 0 aliphatic rings. The predicted molar refractivity (Wildman–Crippen MR) is 78.4 cm³/mol. The van der Waals surface area contributed by atoms with E-state index in [0.717, 1.165) is 30.0 Å². The summed E-state index contributed by atoms with van der Waals surface area (Å²) < 4.78 is 5.45. The third-order valence-corrected chi connectivity index (χ3v) is 3.26. The summed E-state index contributed by atoms with van der Waals surface area (Å²) in [6, 6.07) is 13.7. The van der Waals surface area contributed by atoms with Gasteiger partial charge in [0.25, 0.3) is 0 Å². The summed E-state index contributed by atoms with van der Waals surface area (Å²) in [6.45, 7) is 4.09. The number of esters is 1. The molecule has 2 aromatic rings. The molecule has 2 nitrogen and oxygen atoms in total. The van der Waals surface area contributed by atoms with Gasteiger partial charge in [-0.3, -0.25) is 0 Å². The first-order chi connectivity index (χ1) is 9.20. The van der Waals surface area contributed by atoms with E-state index in [1.807, 2.05) is 49.4 Å². The van der Waals surface area contributed by atoms with Crippen molar-refractivity contribution in [1.82, 2.24) is 0 Å². The number of ether oxygens (including phenoxy) is 1. The number of rotatable bonds is 5. The maximum Gasteiger partial charge on any atom is 0.338 e. The smallest absolute Gasteiger partial charge is 0.338 e. The van der Waals surface area contributed by atoms with Gasteiger partial charge in [0.1, 0.15) is 0 Å². The first-order valence-electron chi connectivity index (χ1n) is 6.90. The molecule has 0 saturated heterocycles. The van der Waals surface area contributed by atoms with E-state index in [4.69, 9.17) is 4.74 Å². The van der Waals surface area contributed by atoms with Gasteiger partial charge in [-0.25, -0.2) is 4.79 Å². The SMILES string of the molecule is CCCC[C@H](C)OC(=O)c1ccc2ccccc2c1. The van der Waals surface area contributed by atoms with Crippen molar-refractivity contribution in [2.45, 2.75) is 39.2 Å². The minimum Gasteiger partial charge on any atom is -0.459 e. The Bertz CT molecular complexity index is 560. The first kappa shape index (κ1) is 13.6. The Balaban J connectivity index is 2.08. The van der Waals surface area contributed by atoms with Crippen LogP contribution in [0.2, 0.25) is 0 Å². The molecular formula is C17H20O2. The zero-order chi connectivity index (χ0) is 13.7. The number of carbonyl (C=O) groups is 1. The monoisotopic (exact) mass is 256 g/mol. The average Bonchev–Trinajstić information content (AvgIpc) is 2.44. The summed E-state index contributed by atoms with van der Waals surface area (Å²) >= 11 is 0. The lowest BCUT2D eigenvalue weighted by Gasteiger charge is -2.13. The van der Waals surface area contributed by atoms with Crippen LogP contribution in [-0.2, 0) is 4.74 Å². The van der Waals surface area contributed by atoms with Gasteiger partial charge in [-0.2, -0.15) is 0 Å². The third-order valence-electron chi connectivity index (χ3n) is 3.26. The van der Waals surface area contributed by atoms with Crippen LogP contribution in [0.4, 0.5) is 0 Å². The van der Waals surface area contributed by atoms with Crippen LogP contribution >= 0.6 is 0 Å². The van der Waals surface area contributed by atoms with E-state index in [-0.39, 0.29) is 12.1 Å². The Kier molecular flexibility index (Phi) is 4.56. The van der Waals surface area contributed by atoms with Crippen molar-refractivity contribution in [3.63, 3.8) is 0 Å². The molecule has 0 bridgehead atoms. The highest BCUT2D eigenvalue weighted by Crippen LogP contribution is 2.17. The Morgan fingerprint density at radius 3 is 2.63 bits per heavy atom. The number of fused-ring (bicyclic) bond motifs is 1. The summed E-state index contributed by atoms with van der Waals surface area (Å²) in [5.41, 5.74) is 0.627. The van der Waals surface area contributed by atoms with Crippen molar-refractivity contribution in [1.29, 1.82) is 0 Å². The Morgan fingerprint density at radius 1 is 1.16 bits per heavy atom. The van der Waals surface area contributed by atoms with E-state index in [1.165, 1.54) is 0 Å². The van der Waals surface area contributed by atoms with Crippen LogP contribution in [0.25, 0.3) is 10.8 Å². The van der Waals surface area contributed by atoms with Gasteiger partial charge >= 0.3 is 5.97 Å². The van der Waals surface area contributed by atoms with Gasteiger partial charge in [-0.15, -0.1) is 0 Å². The molecule has 0 aliphatic heterocycles. The summed E-state index contributed by atoms with van der Waals surface area (Å²) in [6.07, 6.45) is 3.12. The maximum absolute atomic E-state index is 12.0. The van der Waals surface area contributed by atoms with Gasteiger partial charge in [0.2, 0.25) is 0 Å². The van der Waals surface area contributed by atoms with Crippen LogP contribution < -0.4 is 0 Å². The Hall–Kier alpha value is -1.83. The first-order valence-corrected chi connectivity index (χ1v) is 6.90. The molecule has 2 rings (SSSR count). The highest BCUT2D eigenvalue weighted by molar-refractivity contribution is 5.95. The topological polar surface area (TPSA) is 26.3 Å². The van der Waals surface area contributed by atoms with Crippen molar-refractivity contribution in [3.8, 4) is 0 Å². The number of hydrogen-bond donors (Lipinski definition) is 0. The number of benzene rings is 2. The minimum absolute atomic E-state index is 0.0149. The number of unbranched alkanes of at least 4 members (excludes halogenated alkanes) is 1. The van der Waals surface area contributed by atoms with Crippen LogP contribution in [0.5, 0.6) is 0 Å². The van der Waals surface area contributed by atoms with E-state index in [1.54, 1.807) is 0 Å². The molecule has 0 spiro atoms. The maximum atomic E-state index is 12.0. The fraction of sp³-hybridized carbons (Fsp3) is 0.353. The standard InChI is InChI=1S/C17H20O2/c1-3-4-7-13(2)19-17(18)16-11-10-14-8-5-6-9-15(14)12-16/h5-6,8-13H,3-4,7H2,1-2H3/t13-/m0/s1. The van der Waals surface area contributed by atoms with E-state index in [9.17, 15) is 4.79 Å². The van der Waals surface area contributed by atoms with Gasteiger partial charge in [0.05, 0.1) is 11.7 Å². The summed E-state index contributed by atoms with van der Waals surface area (Å²) in [7, 11) is 0. The molecule has 0 aromatic heterocycles. The summed E-state index contributed by atoms with van der Waals surface area (Å²) in [4.78, 5) is 12.0. The number of hydrogen-bond acceptors (Lipinski definition) is 2. The molecule has 2 heteroatoms. The van der Waals surface area contributed by atoms with Crippen molar-refractivity contribution in [2.75, 3.05) is 0 Å². The lowest BCUT2D eigenvalue weighted by atomic mass is 10.1. The fourth-order valence-electron chi connectivity index (χ4n) is 2.12. The minimum atomic E-state index is -0.227. The van der Waals surface area contributed by atoms with Crippen LogP contribution in [-0.4, -0.2) is 12.1 Å². The van der Waals surface area contributed by atoms with Gasteiger partial charge in [0, 0.05) is 0 Å². The molecule has 0 unspecified atom stereocenters. The average molecular weight is 256 g/mol. The summed E-state index contributed by atoms with van der Waals surface area (Å²) in [5, 5.41) is 2.20. The second-order valence-electron chi connectivity index (χ2n) is 4.92. The number of carbonyl (C=O) groups excluding carboxylic acids is 1. The Morgan fingerprint density at radius 2 is 1.89 bits per heavy atom. The molecule has 0 amide bonds. The van der Waals surface area contributed by atoms with Crippen molar-refractivity contribution >= 4 is 16.7 Å². The fourth-order valence-corrected chi connectivity index (χ4v) is 2.12. The third kappa shape index (κ3) is 3.57. The van der Waals surface area contributed by atoms with Crippen LogP contribution in [0.15, 0.2) is 42.5 Å². The largest absolute Gasteiger partial charge is 0.459 e. The second kappa shape index (κ2) is 6.37. The molecule has 0 saturated carbocycles. The molecule has 0 radical (unpaired) electrons. The highest BCUT2D eigenvalue weighted by Gasteiger charge is 2.11. The van der Waals surface area contributed by atoms with Crippen LogP contribution in [0.1, 0.15) is 43.5 Å². The van der Waals surface area contributed by atoms with E-state index in [0.29, 0.717) is 5.56 Å². The quantitative estimate of drug-likeness (QED) is 0.732. The van der Waals surface area contributed by atoms with Gasteiger partial charge in [0.15, 0.2) is 0 Å². The van der Waals surface area contributed by atoms with E-state index >= 15 is 0 Å². The zero-order valence-electron chi connectivity index (χ0n) is 11.6. The van der Waals surface area contributed by atoms with Crippen molar-refractivity contribution in [3.05, 3.63) is 48.0 Å². The molecule has 1 atom stereocenters. The molecule has 100 valence electrons. The molecular weight excluding hydrogens is 236 g/mol. The van der Waals surface area contributed by atoms with Crippen molar-refractivity contribution < 1.29 is 9.53 Å². The second-order valence-corrected chi connectivity index (χ2v) is 4.92. The highest BCUT2D eigenvalue weighted by atomic mass is 16.5. The van der Waals surface area contributed by atoms with E-state index in [2.05, 4.69) is 6.92 Å². The molecule has 19 heavy (non-hydrogen) atoms. The van der Waals surface area contributed by atoms with Gasteiger partial charge < -0.3 is 4.74 Å². The van der Waals surface area contributed by atoms with Crippen LogP contribution in [0, 0.1) is 0 Å². The zero-order valence-corrected chi connectivity index (χ0v) is 11.6. The predicted octanol–water partition coefficient (Wildman–Crippen LogP) is 4.58. The van der Waals surface area contributed by atoms with Crippen LogP contribution in [0.3, 0.4) is 0 Å². The molecule has 0 heterocycles. The lowest BCUT2D eigenvalue weighted by Crippen LogP contribution is -2.14. The molecule has 0 N–H and O–H groups in total. The van der Waals surface area contributed by atoms with Crippen molar-refractivity contribution in [2.24, 2.45) is 0 Å². The van der Waals surface area contributed by atoms with E-state index < -0.39 is 0 Å². The summed E-state index contributed by atoms with van der Waals surface area (Å²) in [5.74, 6) is -0.227. The molecule has 0 aliphatic carbocycles. The normalized spacial score (nSPS) is 12.3. The van der Waals surface area contributed by atoms with Gasteiger partial charge in [-0.05, 0) is 36.2 Å².